The molecule has 174 valence electrons. The molecular formula is C25H20N6O3S. The maximum atomic E-state index is 12.8. The summed E-state index contributed by atoms with van der Waals surface area (Å²) < 4.78 is 0.773. The van der Waals surface area contributed by atoms with Gasteiger partial charge in [0.05, 0.1) is 21.3 Å². The van der Waals surface area contributed by atoms with Crippen molar-refractivity contribution in [1.29, 1.82) is 0 Å². The summed E-state index contributed by atoms with van der Waals surface area (Å²) in [6.45, 7) is 2.61. The Hall–Kier alpha value is -4.31. The largest absolute Gasteiger partial charge is 0.353 e. The number of hydrogen-bond donors (Lipinski definition) is 1. The Kier molecular flexibility index (Phi) is 5.14. The highest BCUT2D eigenvalue weighted by Gasteiger charge is 2.38. The second kappa shape index (κ2) is 8.48. The Labute approximate surface area is 204 Å². The number of anilines is 3. The number of carbonyl (C=O) groups is 3. The van der Waals surface area contributed by atoms with E-state index in [9.17, 15) is 14.4 Å². The lowest BCUT2D eigenvalue weighted by molar-refractivity contribution is 0.0926. The fourth-order valence-electron chi connectivity index (χ4n) is 4.33. The van der Waals surface area contributed by atoms with Crippen molar-refractivity contribution in [3.05, 3.63) is 78.0 Å². The van der Waals surface area contributed by atoms with E-state index in [1.165, 1.54) is 11.3 Å². The van der Waals surface area contributed by atoms with Crippen LogP contribution in [0.4, 0.5) is 21.4 Å². The lowest BCUT2D eigenvalue weighted by Gasteiger charge is -2.35. The first-order valence-electron chi connectivity index (χ1n) is 11.2. The van der Waals surface area contributed by atoms with E-state index in [4.69, 9.17) is 0 Å². The maximum absolute atomic E-state index is 12.8. The lowest BCUT2D eigenvalue weighted by atomic mass is 10.1. The molecule has 35 heavy (non-hydrogen) atoms. The van der Waals surface area contributed by atoms with Crippen LogP contribution < -0.4 is 15.1 Å². The fourth-order valence-corrected chi connectivity index (χ4v) is 5.33. The molecule has 2 aliphatic rings. The average Bonchev–Trinajstić information content (AvgIpc) is 3.42. The summed E-state index contributed by atoms with van der Waals surface area (Å²) in [5.41, 5.74) is 2.05. The van der Waals surface area contributed by atoms with E-state index in [1.54, 1.807) is 47.5 Å². The summed E-state index contributed by atoms with van der Waals surface area (Å²) in [5, 5.41) is 3.27. The first kappa shape index (κ1) is 21.2. The molecule has 0 atom stereocenters. The van der Waals surface area contributed by atoms with E-state index in [1.807, 2.05) is 24.3 Å². The van der Waals surface area contributed by atoms with Crippen LogP contribution in [-0.4, -0.2) is 58.9 Å². The number of benzene rings is 2. The molecule has 2 aliphatic heterocycles. The molecule has 2 aromatic heterocycles. The van der Waals surface area contributed by atoms with Crippen molar-refractivity contribution >= 4 is 56.0 Å². The molecule has 6 rings (SSSR count). The average molecular weight is 485 g/mol. The third-order valence-corrected chi connectivity index (χ3v) is 7.16. The van der Waals surface area contributed by atoms with Gasteiger partial charge >= 0.3 is 6.03 Å². The molecule has 0 bridgehead atoms. The number of thiazole rings is 1. The van der Waals surface area contributed by atoms with Crippen LogP contribution in [0.5, 0.6) is 0 Å². The molecular weight excluding hydrogens is 464 g/mol. The van der Waals surface area contributed by atoms with Gasteiger partial charge in [-0.05, 0) is 42.5 Å². The zero-order chi connectivity index (χ0) is 23.9. The zero-order valence-electron chi connectivity index (χ0n) is 18.5. The molecule has 10 heteroatoms. The number of aromatic nitrogens is 2. The van der Waals surface area contributed by atoms with Gasteiger partial charge in [0.15, 0.2) is 0 Å². The van der Waals surface area contributed by atoms with Gasteiger partial charge in [-0.2, -0.15) is 0 Å². The number of pyridine rings is 1. The van der Waals surface area contributed by atoms with Crippen LogP contribution in [0.2, 0.25) is 0 Å². The van der Waals surface area contributed by atoms with Crippen molar-refractivity contribution in [2.45, 2.75) is 0 Å². The Balaban J connectivity index is 1.15. The van der Waals surface area contributed by atoms with E-state index in [0.717, 1.165) is 15.4 Å². The van der Waals surface area contributed by atoms with Crippen molar-refractivity contribution in [2.75, 3.05) is 41.3 Å². The number of fused-ring (bicyclic) bond motifs is 2. The van der Waals surface area contributed by atoms with E-state index in [-0.39, 0.29) is 17.8 Å². The number of nitrogens with one attached hydrogen (secondary N) is 1. The minimum absolute atomic E-state index is 0.171. The number of nitrogens with zero attached hydrogens (tertiary/aromatic N) is 5. The molecule has 1 fully saturated rings. The van der Waals surface area contributed by atoms with Gasteiger partial charge in [-0.15, -0.1) is 0 Å². The standard InChI is InChI=1S/C25H20N6O3S/c32-22-17-5-1-2-6-18(17)23(33)31(22)25-28-19-9-8-16(15-20(19)35-25)27-24(34)30-13-11-29(12-14-30)21-7-3-4-10-26-21/h1-10,15H,11-14H2,(H,27,34). The number of rotatable bonds is 3. The fraction of sp³-hybridized carbons (Fsp3) is 0.160. The van der Waals surface area contributed by atoms with Gasteiger partial charge in [0.1, 0.15) is 5.82 Å². The van der Waals surface area contributed by atoms with Crippen LogP contribution in [0.25, 0.3) is 10.2 Å². The monoisotopic (exact) mass is 484 g/mol. The van der Waals surface area contributed by atoms with Crippen LogP contribution in [0.1, 0.15) is 20.7 Å². The molecule has 0 aliphatic carbocycles. The molecule has 2 aromatic carbocycles. The second-order valence-electron chi connectivity index (χ2n) is 8.26. The predicted molar refractivity (Wildman–Crippen MR) is 134 cm³/mol. The maximum Gasteiger partial charge on any atom is 0.321 e. The Morgan fingerprint density at radius 1 is 0.886 bits per heavy atom. The molecule has 0 unspecified atom stereocenters. The number of urea groups is 1. The molecule has 0 saturated carbocycles. The molecule has 1 saturated heterocycles. The highest BCUT2D eigenvalue weighted by molar-refractivity contribution is 7.22. The molecule has 9 nitrogen and oxygen atoms in total. The molecule has 4 aromatic rings. The highest BCUT2D eigenvalue weighted by atomic mass is 32.1. The first-order chi connectivity index (χ1) is 17.1. The summed E-state index contributed by atoms with van der Waals surface area (Å²) in [6.07, 6.45) is 1.77. The third-order valence-electron chi connectivity index (χ3n) is 6.15. The van der Waals surface area contributed by atoms with E-state index >= 15 is 0 Å². The highest BCUT2D eigenvalue weighted by Crippen LogP contribution is 2.35. The van der Waals surface area contributed by atoms with Gasteiger partial charge in [-0.25, -0.2) is 19.7 Å². The summed E-state index contributed by atoms with van der Waals surface area (Å²) in [5.74, 6) is 0.170. The predicted octanol–water partition coefficient (Wildman–Crippen LogP) is 3.85. The normalized spacial score (nSPS) is 15.6. The number of imide groups is 1. The smallest absolute Gasteiger partial charge is 0.321 e. The summed E-state index contributed by atoms with van der Waals surface area (Å²) in [7, 11) is 0. The summed E-state index contributed by atoms with van der Waals surface area (Å²) >= 11 is 1.24. The summed E-state index contributed by atoms with van der Waals surface area (Å²) in [4.78, 5) is 52.3. The molecule has 0 radical (unpaired) electrons. The van der Waals surface area contributed by atoms with Gasteiger partial charge in [0, 0.05) is 38.1 Å². The van der Waals surface area contributed by atoms with Crippen LogP contribution >= 0.6 is 11.3 Å². The van der Waals surface area contributed by atoms with Gasteiger partial charge < -0.3 is 15.1 Å². The quantitative estimate of drug-likeness (QED) is 0.444. The van der Waals surface area contributed by atoms with Crippen LogP contribution in [-0.2, 0) is 0 Å². The van der Waals surface area contributed by atoms with Crippen molar-refractivity contribution in [2.24, 2.45) is 0 Å². The minimum atomic E-state index is -0.372. The minimum Gasteiger partial charge on any atom is -0.353 e. The van der Waals surface area contributed by atoms with Crippen molar-refractivity contribution in [3.8, 4) is 0 Å². The second-order valence-corrected chi connectivity index (χ2v) is 9.27. The zero-order valence-corrected chi connectivity index (χ0v) is 19.4. The van der Waals surface area contributed by atoms with Crippen LogP contribution in [0.15, 0.2) is 66.9 Å². The Bertz CT molecular complexity index is 1430. The number of amides is 4. The van der Waals surface area contributed by atoms with E-state index in [2.05, 4.69) is 20.2 Å². The number of hydrogen-bond acceptors (Lipinski definition) is 7. The van der Waals surface area contributed by atoms with E-state index < -0.39 is 0 Å². The van der Waals surface area contributed by atoms with Crippen LogP contribution in [0.3, 0.4) is 0 Å². The van der Waals surface area contributed by atoms with Crippen molar-refractivity contribution < 1.29 is 14.4 Å². The SMILES string of the molecule is O=C(Nc1ccc2nc(N3C(=O)c4ccccc4C3=O)sc2c1)N1CCN(c2ccccn2)CC1. The molecule has 0 spiro atoms. The van der Waals surface area contributed by atoms with Gasteiger partial charge in [0.2, 0.25) is 5.13 Å². The van der Waals surface area contributed by atoms with Crippen LogP contribution in [0, 0.1) is 0 Å². The number of carbonyl (C=O) groups excluding carboxylic acids is 3. The van der Waals surface area contributed by atoms with E-state index in [0.29, 0.717) is 53.6 Å². The number of piperazine rings is 1. The van der Waals surface area contributed by atoms with Gasteiger partial charge in [0.25, 0.3) is 11.8 Å². The lowest BCUT2D eigenvalue weighted by Crippen LogP contribution is -2.50. The summed E-state index contributed by atoms with van der Waals surface area (Å²) in [6, 6.07) is 17.8. The van der Waals surface area contributed by atoms with Gasteiger partial charge in [-0.1, -0.05) is 29.5 Å². The van der Waals surface area contributed by atoms with Crippen molar-refractivity contribution in [1.82, 2.24) is 14.9 Å². The molecule has 1 N–H and O–H groups in total. The topological polar surface area (TPSA) is 98.7 Å². The Morgan fingerprint density at radius 2 is 1.60 bits per heavy atom. The molecule has 4 amide bonds. The van der Waals surface area contributed by atoms with Crippen molar-refractivity contribution in [3.63, 3.8) is 0 Å². The molecule has 4 heterocycles. The van der Waals surface area contributed by atoms with Gasteiger partial charge in [-0.3, -0.25) is 9.59 Å². The third kappa shape index (κ3) is 3.77. The first-order valence-corrected chi connectivity index (χ1v) is 12.0. The Morgan fingerprint density at radius 3 is 2.29 bits per heavy atom.